The highest BCUT2D eigenvalue weighted by atomic mass is 16.5. The van der Waals surface area contributed by atoms with Gasteiger partial charge in [0, 0.05) is 23.5 Å². The maximum absolute atomic E-state index is 9.63. The Morgan fingerprint density at radius 1 is 1.15 bits per heavy atom. The third-order valence-electron chi connectivity index (χ3n) is 2.84. The van der Waals surface area contributed by atoms with Gasteiger partial charge in [-0.25, -0.2) is 0 Å². The molecule has 20 heavy (non-hydrogen) atoms. The molecule has 0 aliphatic rings. The van der Waals surface area contributed by atoms with E-state index in [-0.39, 0.29) is 5.75 Å². The zero-order chi connectivity index (χ0) is 13.9. The number of rotatable bonds is 3. The quantitative estimate of drug-likeness (QED) is 0.786. The molecule has 0 aliphatic heterocycles. The Hall–Kier alpha value is -2.89. The van der Waals surface area contributed by atoms with E-state index < -0.39 is 0 Å². The lowest BCUT2D eigenvalue weighted by Crippen LogP contribution is -1.89. The van der Waals surface area contributed by atoms with Gasteiger partial charge in [-0.2, -0.15) is 0 Å². The summed E-state index contributed by atoms with van der Waals surface area (Å²) in [7, 11) is 1.57. The molecule has 6 heteroatoms. The van der Waals surface area contributed by atoms with Crippen molar-refractivity contribution in [3.05, 3.63) is 43.1 Å². The van der Waals surface area contributed by atoms with Gasteiger partial charge in [-0.05, 0) is 24.3 Å². The molecular weight excluding hydrogens is 258 g/mol. The minimum Gasteiger partial charge on any atom is -0.508 e. The van der Waals surface area contributed by atoms with Crippen LogP contribution in [0, 0.1) is 0 Å². The fourth-order valence-corrected chi connectivity index (χ4v) is 1.92. The number of phenols is 1. The first kappa shape index (κ1) is 12.2. The van der Waals surface area contributed by atoms with Gasteiger partial charge >= 0.3 is 0 Å². The van der Waals surface area contributed by atoms with Gasteiger partial charge in [0.05, 0.1) is 12.7 Å². The minimum absolute atomic E-state index is 0.156. The molecule has 0 radical (unpaired) electrons. The number of phenolic OH excluding ortho intramolecular Hbond substituents is 1. The molecular formula is C14H11N3O3. The Balaban J connectivity index is 2.11. The molecule has 2 aromatic heterocycles. The third-order valence-corrected chi connectivity index (χ3v) is 2.84. The molecule has 3 rings (SSSR count). The van der Waals surface area contributed by atoms with Gasteiger partial charge in [-0.1, -0.05) is 0 Å². The highest BCUT2D eigenvalue weighted by Crippen LogP contribution is 2.34. The zero-order valence-electron chi connectivity index (χ0n) is 10.6. The van der Waals surface area contributed by atoms with E-state index in [1.54, 1.807) is 37.7 Å². The van der Waals surface area contributed by atoms with Gasteiger partial charge in [0.2, 0.25) is 12.3 Å². The molecule has 0 saturated carbocycles. The molecule has 1 N–H and O–H groups in total. The van der Waals surface area contributed by atoms with Crippen LogP contribution in [0.3, 0.4) is 0 Å². The average Bonchev–Trinajstić information content (AvgIpc) is 3.01. The highest BCUT2D eigenvalue weighted by molar-refractivity contribution is 5.74. The van der Waals surface area contributed by atoms with Crippen LogP contribution in [0.2, 0.25) is 0 Å². The molecule has 2 heterocycles. The topological polar surface area (TPSA) is 81.3 Å². The first-order valence-corrected chi connectivity index (χ1v) is 5.87. The molecule has 0 bridgehead atoms. The van der Waals surface area contributed by atoms with Crippen molar-refractivity contribution < 1.29 is 14.3 Å². The third kappa shape index (κ3) is 2.18. The van der Waals surface area contributed by atoms with E-state index in [0.29, 0.717) is 17.2 Å². The van der Waals surface area contributed by atoms with Crippen molar-refractivity contribution in [3.8, 4) is 34.1 Å². The van der Waals surface area contributed by atoms with E-state index in [2.05, 4.69) is 15.2 Å². The fraction of sp³-hybridized carbons (Fsp3) is 0.0714. The second-order valence-corrected chi connectivity index (χ2v) is 4.09. The van der Waals surface area contributed by atoms with Crippen LogP contribution in [-0.2, 0) is 0 Å². The van der Waals surface area contributed by atoms with Crippen LogP contribution in [0.1, 0.15) is 0 Å². The Kier molecular flexibility index (Phi) is 3.04. The summed E-state index contributed by atoms with van der Waals surface area (Å²) >= 11 is 0. The lowest BCUT2D eigenvalue weighted by atomic mass is 10.0. The van der Waals surface area contributed by atoms with Crippen molar-refractivity contribution >= 4 is 0 Å². The predicted octanol–water partition coefficient (Wildman–Crippen LogP) is 2.51. The van der Waals surface area contributed by atoms with E-state index >= 15 is 0 Å². The standard InChI is InChI=1S/C14H11N3O3/c1-19-13-3-2-11(18)5-12(13)9-4-10(7-15-6-9)14-17-16-8-20-14/h2-8,18H,1H3. The van der Waals surface area contributed by atoms with Crippen LogP contribution in [0.5, 0.6) is 11.5 Å². The number of hydrogen-bond acceptors (Lipinski definition) is 6. The van der Waals surface area contributed by atoms with E-state index in [9.17, 15) is 5.11 Å². The Labute approximate surface area is 114 Å². The van der Waals surface area contributed by atoms with Gasteiger partial charge in [0.1, 0.15) is 11.5 Å². The molecule has 0 amide bonds. The molecule has 0 atom stereocenters. The van der Waals surface area contributed by atoms with Crippen LogP contribution in [0.25, 0.3) is 22.6 Å². The first-order valence-electron chi connectivity index (χ1n) is 5.87. The van der Waals surface area contributed by atoms with E-state index in [1.165, 1.54) is 6.39 Å². The normalized spacial score (nSPS) is 10.4. The van der Waals surface area contributed by atoms with Crippen molar-refractivity contribution in [2.24, 2.45) is 0 Å². The number of benzene rings is 1. The second-order valence-electron chi connectivity index (χ2n) is 4.09. The Morgan fingerprint density at radius 2 is 2.00 bits per heavy atom. The first-order chi connectivity index (χ1) is 9.78. The summed E-state index contributed by atoms with van der Waals surface area (Å²) in [5.74, 6) is 1.19. The van der Waals surface area contributed by atoms with Gasteiger partial charge in [-0.15, -0.1) is 10.2 Å². The molecule has 0 fully saturated rings. The van der Waals surface area contributed by atoms with Crippen molar-refractivity contribution in [2.45, 2.75) is 0 Å². The maximum atomic E-state index is 9.63. The summed E-state index contributed by atoms with van der Waals surface area (Å²) in [6.45, 7) is 0. The van der Waals surface area contributed by atoms with Crippen molar-refractivity contribution in [3.63, 3.8) is 0 Å². The molecule has 0 spiro atoms. The van der Waals surface area contributed by atoms with Crippen LogP contribution in [0.15, 0.2) is 47.5 Å². The van der Waals surface area contributed by atoms with E-state index in [1.807, 2.05) is 6.07 Å². The smallest absolute Gasteiger partial charge is 0.249 e. The number of methoxy groups -OCH3 is 1. The van der Waals surface area contributed by atoms with Crippen molar-refractivity contribution in [1.29, 1.82) is 0 Å². The largest absolute Gasteiger partial charge is 0.508 e. The lowest BCUT2D eigenvalue weighted by Gasteiger charge is -2.09. The SMILES string of the molecule is COc1ccc(O)cc1-c1cncc(-c2nnco2)c1. The Morgan fingerprint density at radius 3 is 2.75 bits per heavy atom. The lowest BCUT2D eigenvalue weighted by molar-refractivity contribution is 0.414. The van der Waals surface area contributed by atoms with Crippen molar-refractivity contribution in [2.75, 3.05) is 7.11 Å². The van der Waals surface area contributed by atoms with Gasteiger partial charge in [0.25, 0.3) is 0 Å². The zero-order valence-corrected chi connectivity index (χ0v) is 10.6. The van der Waals surface area contributed by atoms with Crippen LogP contribution < -0.4 is 4.74 Å². The summed E-state index contributed by atoms with van der Waals surface area (Å²) in [6.07, 6.45) is 4.57. The molecule has 0 saturated heterocycles. The summed E-state index contributed by atoms with van der Waals surface area (Å²) in [5.41, 5.74) is 2.22. The van der Waals surface area contributed by atoms with Gasteiger partial charge in [0.15, 0.2) is 0 Å². The maximum Gasteiger partial charge on any atom is 0.249 e. The predicted molar refractivity (Wildman–Crippen MR) is 71.2 cm³/mol. The number of aromatic hydroxyl groups is 1. The van der Waals surface area contributed by atoms with Gasteiger partial charge in [-0.3, -0.25) is 4.98 Å². The molecule has 0 aliphatic carbocycles. The number of nitrogens with zero attached hydrogens (tertiary/aromatic N) is 3. The number of pyridine rings is 1. The number of ether oxygens (including phenoxy) is 1. The molecule has 1 aromatic carbocycles. The summed E-state index contributed by atoms with van der Waals surface area (Å²) in [5, 5.41) is 17.1. The number of aromatic nitrogens is 3. The van der Waals surface area contributed by atoms with E-state index in [0.717, 1.165) is 11.1 Å². The Bertz CT molecular complexity index is 726. The molecule has 100 valence electrons. The van der Waals surface area contributed by atoms with Crippen LogP contribution in [0.4, 0.5) is 0 Å². The molecule has 3 aromatic rings. The molecule has 0 unspecified atom stereocenters. The fourth-order valence-electron chi connectivity index (χ4n) is 1.92. The summed E-state index contributed by atoms with van der Waals surface area (Å²) < 4.78 is 10.4. The monoisotopic (exact) mass is 269 g/mol. The van der Waals surface area contributed by atoms with Crippen LogP contribution in [-0.4, -0.2) is 27.4 Å². The van der Waals surface area contributed by atoms with Crippen LogP contribution >= 0.6 is 0 Å². The summed E-state index contributed by atoms with van der Waals surface area (Å²) in [4.78, 5) is 4.16. The average molecular weight is 269 g/mol. The highest BCUT2D eigenvalue weighted by Gasteiger charge is 2.10. The minimum atomic E-state index is 0.156. The van der Waals surface area contributed by atoms with E-state index in [4.69, 9.17) is 9.15 Å². The second kappa shape index (κ2) is 5.00. The number of hydrogen-bond donors (Lipinski definition) is 1. The van der Waals surface area contributed by atoms with Gasteiger partial charge < -0.3 is 14.3 Å². The summed E-state index contributed by atoms with van der Waals surface area (Å²) in [6, 6.07) is 6.73. The molecule has 6 nitrogen and oxygen atoms in total. The van der Waals surface area contributed by atoms with Crippen molar-refractivity contribution in [1.82, 2.24) is 15.2 Å².